The average molecular weight is 311 g/mol. The molecule has 0 radical (unpaired) electrons. The number of hydrogen-bond acceptors (Lipinski definition) is 5. The van der Waals surface area contributed by atoms with E-state index in [9.17, 15) is 14.5 Å². The first-order chi connectivity index (χ1) is 11.0. The SMILES string of the molecule is CCc1ccc([N+](=O)[O-])c(Oc2cc(C#N)cc(C#N)c2)c1F. The van der Waals surface area contributed by atoms with Gasteiger partial charge in [-0.2, -0.15) is 10.5 Å². The second-order valence-electron chi connectivity index (χ2n) is 4.57. The zero-order valence-electron chi connectivity index (χ0n) is 12.0. The van der Waals surface area contributed by atoms with Gasteiger partial charge in [-0.15, -0.1) is 0 Å². The van der Waals surface area contributed by atoms with Gasteiger partial charge in [0.15, 0.2) is 5.82 Å². The Morgan fingerprint density at radius 3 is 2.30 bits per heavy atom. The van der Waals surface area contributed by atoms with E-state index in [1.807, 2.05) is 12.1 Å². The van der Waals surface area contributed by atoms with Gasteiger partial charge in [0, 0.05) is 6.07 Å². The second kappa shape index (κ2) is 6.54. The number of nitro benzene ring substituents is 1. The molecule has 2 rings (SSSR count). The number of aryl methyl sites for hydroxylation is 1. The Bertz CT molecular complexity index is 834. The predicted molar refractivity (Wildman–Crippen MR) is 78.4 cm³/mol. The maximum atomic E-state index is 14.4. The minimum atomic E-state index is -0.831. The van der Waals surface area contributed by atoms with Crippen LogP contribution >= 0.6 is 0 Å². The third kappa shape index (κ3) is 3.25. The molecular weight excluding hydrogens is 301 g/mol. The van der Waals surface area contributed by atoms with Crippen LogP contribution in [0, 0.1) is 38.6 Å². The molecule has 0 spiro atoms. The molecule has 7 heteroatoms. The Hall–Kier alpha value is -3.45. The van der Waals surface area contributed by atoms with Crippen molar-refractivity contribution in [2.45, 2.75) is 13.3 Å². The van der Waals surface area contributed by atoms with E-state index in [4.69, 9.17) is 15.3 Å². The van der Waals surface area contributed by atoms with Crippen LogP contribution in [0.1, 0.15) is 23.6 Å². The smallest absolute Gasteiger partial charge is 0.314 e. The largest absolute Gasteiger partial charge is 0.447 e. The summed E-state index contributed by atoms with van der Waals surface area (Å²) in [4.78, 5) is 10.3. The summed E-state index contributed by atoms with van der Waals surface area (Å²) in [6.45, 7) is 1.71. The van der Waals surface area contributed by atoms with Gasteiger partial charge < -0.3 is 4.74 Å². The minimum absolute atomic E-state index is 0.0177. The lowest BCUT2D eigenvalue weighted by Gasteiger charge is -2.10. The lowest BCUT2D eigenvalue weighted by molar-refractivity contribution is -0.385. The van der Waals surface area contributed by atoms with Crippen molar-refractivity contribution in [3.63, 3.8) is 0 Å². The van der Waals surface area contributed by atoms with Gasteiger partial charge in [-0.25, -0.2) is 4.39 Å². The van der Waals surface area contributed by atoms with Gasteiger partial charge >= 0.3 is 5.69 Å². The molecule has 0 aliphatic carbocycles. The molecule has 0 saturated heterocycles. The van der Waals surface area contributed by atoms with Gasteiger partial charge in [0.25, 0.3) is 0 Å². The van der Waals surface area contributed by atoms with E-state index < -0.39 is 22.2 Å². The van der Waals surface area contributed by atoms with E-state index in [0.717, 1.165) is 6.07 Å². The Morgan fingerprint density at radius 1 is 1.22 bits per heavy atom. The fourth-order valence-electron chi connectivity index (χ4n) is 2.01. The number of benzene rings is 2. The lowest BCUT2D eigenvalue weighted by atomic mass is 10.1. The predicted octanol–water partition coefficient (Wildman–Crippen LogP) is 3.83. The Balaban J connectivity index is 2.58. The molecule has 0 saturated carbocycles. The molecule has 2 aromatic rings. The molecule has 114 valence electrons. The highest BCUT2D eigenvalue weighted by Crippen LogP contribution is 2.36. The molecule has 0 atom stereocenters. The van der Waals surface area contributed by atoms with Crippen molar-refractivity contribution >= 4 is 5.69 Å². The molecule has 0 heterocycles. The highest BCUT2D eigenvalue weighted by molar-refractivity contribution is 5.53. The standard InChI is InChI=1S/C16H10FN3O3/c1-2-12-3-4-14(20(21)22)16(15(12)17)23-13-6-10(8-18)5-11(7-13)9-19/h3-7H,2H2,1H3. The number of halogens is 1. The van der Waals surface area contributed by atoms with Gasteiger partial charge in [-0.05, 0) is 36.2 Å². The summed E-state index contributed by atoms with van der Waals surface area (Å²) < 4.78 is 19.7. The molecule has 0 N–H and O–H groups in total. The fourth-order valence-corrected chi connectivity index (χ4v) is 2.01. The van der Waals surface area contributed by atoms with Crippen molar-refractivity contribution in [2.24, 2.45) is 0 Å². The van der Waals surface area contributed by atoms with E-state index in [-0.39, 0.29) is 22.4 Å². The molecule has 0 aliphatic heterocycles. The maximum absolute atomic E-state index is 14.4. The van der Waals surface area contributed by atoms with Crippen molar-refractivity contribution < 1.29 is 14.1 Å². The van der Waals surface area contributed by atoms with E-state index in [1.54, 1.807) is 6.92 Å². The number of nitriles is 2. The van der Waals surface area contributed by atoms with Crippen molar-refractivity contribution in [3.8, 4) is 23.6 Å². The first-order valence-electron chi connectivity index (χ1n) is 6.59. The van der Waals surface area contributed by atoms with Crippen molar-refractivity contribution in [3.05, 3.63) is 63.0 Å². The van der Waals surface area contributed by atoms with Crippen LogP contribution in [-0.2, 0) is 6.42 Å². The monoisotopic (exact) mass is 311 g/mol. The topological polar surface area (TPSA) is 99.9 Å². The first-order valence-corrected chi connectivity index (χ1v) is 6.59. The molecule has 0 amide bonds. The van der Waals surface area contributed by atoms with Crippen LogP contribution in [0.4, 0.5) is 10.1 Å². The molecular formula is C16H10FN3O3. The number of nitrogens with zero attached hydrogens (tertiary/aromatic N) is 3. The molecule has 23 heavy (non-hydrogen) atoms. The van der Waals surface area contributed by atoms with Crippen LogP contribution in [0.5, 0.6) is 11.5 Å². The van der Waals surface area contributed by atoms with Crippen molar-refractivity contribution in [1.82, 2.24) is 0 Å². The normalized spacial score (nSPS) is 9.74. The Kier molecular flexibility index (Phi) is 4.53. The number of hydrogen-bond donors (Lipinski definition) is 0. The van der Waals surface area contributed by atoms with Gasteiger partial charge in [0.2, 0.25) is 5.75 Å². The zero-order valence-corrected chi connectivity index (χ0v) is 12.0. The van der Waals surface area contributed by atoms with Crippen LogP contribution in [0.25, 0.3) is 0 Å². The molecule has 0 aromatic heterocycles. The van der Waals surface area contributed by atoms with Gasteiger partial charge in [0.1, 0.15) is 5.75 Å². The van der Waals surface area contributed by atoms with Gasteiger partial charge in [-0.1, -0.05) is 6.92 Å². The number of ether oxygens (including phenoxy) is 1. The van der Waals surface area contributed by atoms with Crippen LogP contribution in [0.2, 0.25) is 0 Å². The third-order valence-corrected chi connectivity index (χ3v) is 3.12. The van der Waals surface area contributed by atoms with Crippen molar-refractivity contribution in [1.29, 1.82) is 10.5 Å². The summed E-state index contributed by atoms with van der Waals surface area (Å²) >= 11 is 0. The average Bonchev–Trinajstić information content (AvgIpc) is 2.55. The lowest BCUT2D eigenvalue weighted by Crippen LogP contribution is -2.00. The summed E-state index contributed by atoms with van der Waals surface area (Å²) in [5, 5.41) is 28.9. The molecule has 6 nitrogen and oxygen atoms in total. The molecule has 0 fully saturated rings. The maximum Gasteiger partial charge on any atom is 0.314 e. The number of nitro groups is 1. The van der Waals surface area contributed by atoms with Gasteiger partial charge in [0.05, 0.1) is 28.2 Å². The quantitative estimate of drug-likeness (QED) is 0.631. The summed E-state index contributed by atoms with van der Waals surface area (Å²) in [5.74, 6) is -1.38. The first kappa shape index (κ1) is 15.9. The molecule has 0 bridgehead atoms. The summed E-state index contributed by atoms with van der Waals surface area (Å²) in [6.07, 6.45) is 0.335. The fraction of sp³-hybridized carbons (Fsp3) is 0.125. The third-order valence-electron chi connectivity index (χ3n) is 3.12. The molecule has 0 unspecified atom stereocenters. The van der Waals surface area contributed by atoms with Crippen molar-refractivity contribution in [2.75, 3.05) is 0 Å². The van der Waals surface area contributed by atoms with Crippen LogP contribution in [0.3, 0.4) is 0 Å². The van der Waals surface area contributed by atoms with E-state index in [2.05, 4.69) is 0 Å². The summed E-state index contributed by atoms with van der Waals surface area (Å²) in [5.41, 5.74) is 0.00521. The highest BCUT2D eigenvalue weighted by Gasteiger charge is 2.23. The van der Waals surface area contributed by atoms with E-state index in [1.165, 1.54) is 24.3 Å². The highest BCUT2D eigenvalue weighted by atomic mass is 19.1. The number of rotatable bonds is 4. The Labute approximate surface area is 131 Å². The zero-order chi connectivity index (χ0) is 17.0. The van der Waals surface area contributed by atoms with E-state index in [0.29, 0.717) is 6.42 Å². The van der Waals surface area contributed by atoms with Crippen LogP contribution in [-0.4, -0.2) is 4.92 Å². The molecule has 2 aromatic carbocycles. The Morgan fingerprint density at radius 2 is 1.83 bits per heavy atom. The second-order valence-corrected chi connectivity index (χ2v) is 4.57. The van der Waals surface area contributed by atoms with E-state index >= 15 is 0 Å². The molecule has 0 aliphatic rings. The minimum Gasteiger partial charge on any atom is -0.447 e. The van der Waals surface area contributed by atoms with Crippen LogP contribution < -0.4 is 4.74 Å². The van der Waals surface area contributed by atoms with Gasteiger partial charge in [-0.3, -0.25) is 10.1 Å². The summed E-state index contributed by atoms with van der Waals surface area (Å²) in [7, 11) is 0. The van der Waals surface area contributed by atoms with Crippen LogP contribution in [0.15, 0.2) is 30.3 Å². The summed E-state index contributed by atoms with van der Waals surface area (Å²) in [6, 6.07) is 10.1.